The van der Waals surface area contributed by atoms with Gasteiger partial charge in [0.2, 0.25) is 0 Å². The van der Waals surface area contributed by atoms with Crippen LogP contribution in [0, 0.1) is 5.82 Å². The quantitative estimate of drug-likeness (QED) is 0.713. The average molecular weight is 268 g/mol. The fourth-order valence-corrected chi connectivity index (χ4v) is 1.50. The van der Waals surface area contributed by atoms with Crippen molar-refractivity contribution < 1.29 is 18.7 Å². The summed E-state index contributed by atoms with van der Waals surface area (Å²) in [5.41, 5.74) is 0.197. The summed E-state index contributed by atoms with van der Waals surface area (Å²) in [7, 11) is 0. The maximum Gasteiger partial charge on any atom is 0.162 e. The third kappa shape index (κ3) is 7.03. The fraction of sp³-hybridized carbons (Fsp3) is 0.533. The number of ether oxygens (including phenoxy) is 2. The molecule has 0 aliphatic heterocycles. The molecule has 0 unspecified atom stereocenters. The summed E-state index contributed by atoms with van der Waals surface area (Å²) in [6, 6.07) is 6.27. The largest absolute Gasteiger partial charge is 0.373 e. The Bertz CT molecular complexity index is 410. The summed E-state index contributed by atoms with van der Waals surface area (Å²) in [5, 5.41) is 0. The Labute approximate surface area is 113 Å². The maximum atomic E-state index is 13.3. The van der Waals surface area contributed by atoms with Crippen LogP contribution < -0.4 is 0 Å². The van der Waals surface area contributed by atoms with Crippen molar-refractivity contribution in [3.8, 4) is 0 Å². The van der Waals surface area contributed by atoms with Crippen LogP contribution in [0.2, 0.25) is 0 Å². The van der Waals surface area contributed by atoms with E-state index in [4.69, 9.17) is 9.47 Å². The van der Waals surface area contributed by atoms with Crippen LogP contribution in [0.1, 0.15) is 26.3 Å². The molecule has 4 heteroatoms. The normalized spacial score (nSPS) is 11.6. The molecule has 0 heterocycles. The number of benzene rings is 1. The van der Waals surface area contributed by atoms with E-state index < -0.39 is 0 Å². The molecule has 106 valence electrons. The lowest BCUT2D eigenvalue weighted by atomic mass is 10.1. The summed E-state index contributed by atoms with van der Waals surface area (Å²) in [5.74, 6) is -0.493. The second-order valence-corrected chi connectivity index (χ2v) is 5.32. The second kappa shape index (κ2) is 7.36. The topological polar surface area (TPSA) is 35.5 Å². The number of carbonyl (C=O) groups excluding carboxylic acids is 1. The first kappa shape index (κ1) is 15.8. The number of rotatable bonds is 7. The minimum atomic E-state index is -0.355. The smallest absolute Gasteiger partial charge is 0.162 e. The number of ketones is 1. The standard InChI is InChI=1S/C15H21FO3/c1-15(2,3)19-9-8-18-11-13(17)10-12-6-4-5-7-14(12)16/h4-7H,8-11H2,1-3H3. The van der Waals surface area contributed by atoms with Gasteiger partial charge in [0.25, 0.3) is 0 Å². The van der Waals surface area contributed by atoms with Gasteiger partial charge in [-0.2, -0.15) is 0 Å². The van der Waals surface area contributed by atoms with E-state index in [9.17, 15) is 9.18 Å². The number of hydrogen-bond donors (Lipinski definition) is 0. The Kier molecular flexibility index (Phi) is 6.12. The molecule has 0 aromatic heterocycles. The van der Waals surface area contributed by atoms with Crippen LogP contribution in [0.5, 0.6) is 0 Å². The molecule has 0 saturated heterocycles. The summed E-state index contributed by atoms with van der Waals surface area (Å²) in [6.07, 6.45) is 0.0623. The van der Waals surface area contributed by atoms with Crippen LogP contribution >= 0.6 is 0 Å². The van der Waals surface area contributed by atoms with Crippen molar-refractivity contribution in [2.24, 2.45) is 0 Å². The lowest BCUT2D eigenvalue weighted by molar-refractivity contribution is -0.124. The molecular formula is C15H21FO3. The molecule has 0 bridgehead atoms. The van der Waals surface area contributed by atoms with Crippen LogP contribution in [0.4, 0.5) is 4.39 Å². The molecule has 0 amide bonds. The van der Waals surface area contributed by atoms with Gasteiger partial charge in [0, 0.05) is 6.42 Å². The molecule has 0 radical (unpaired) electrons. The predicted molar refractivity (Wildman–Crippen MR) is 71.6 cm³/mol. The molecule has 3 nitrogen and oxygen atoms in total. The minimum Gasteiger partial charge on any atom is -0.373 e. The fourth-order valence-electron chi connectivity index (χ4n) is 1.50. The Balaban J connectivity index is 2.20. The first-order valence-corrected chi connectivity index (χ1v) is 6.35. The molecular weight excluding hydrogens is 247 g/mol. The van der Waals surface area contributed by atoms with Gasteiger partial charge in [0.15, 0.2) is 5.78 Å². The van der Waals surface area contributed by atoms with Gasteiger partial charge in [0.05, 0.1) is 18.8 Å². The summed E-state index contributed by atoms with van der Waals surface area (Å²) >= 11 is 0. The number of Topliss-reactive ketones (excluding diaryl/α,β-unsaturated/α-hetero) is 1. The van der Waals surface area contributed by atoms with E-state index >= 15 is 0 Å². The van der Waals surface area contributed by atoms with Gasteiger partial charge in [-0.15, -0.1) is 0 Å². The maximum absolute atomic E-state index is 13.3. The Morgan fingerprint density at radius 3 is 2.53 bits per heavy atom. The van der Waals surface area contributed by atoms with Gasteiger partial charge < -0.3 is 9.47 Å². The van der Waals surface area contributed by atoms with E-state index in [2.05, 4.69) is 0 Å². The molecule has 0 saturated carbocycles. The highest BCUT2D eigenvalue weighted by Gasteiger charge is 2.10. The Hall–Kier alpha value is -1.26. The third-order valence-electron chi connectivity index (χ3n) is 2.37. The SMILES string of the molecule is CC(C)(C)OCCOCC(=O)Cc1ccccc1F. The highest BCUT2D eigenvalue weighted by molar-refractivity contribution is 5.82. The Morgan fingerprint density at radius 1 is 1.21 bits per heavy atom. The highest BCUT2D eigenvalue weighted by Crippen LogP contribution is 2.08. The third-order valence-corrected chi connectivity index (χ3v) is 2.37. The molecule has 19 heavy (non-hydrogen) atoms. The zero-order chi connectivity index (χ0) is 14.3. The van der Waals surface area contributed by atoms with Crippen LogP contribution in [-0.4, -0.2) is 31.2 Å². The van der Waals surface area contributed by atoms with Gasteiger partial charge in [-0.1, -0.05) is 18.2 Å². The van der Waals surface area contributed by atoms with Crippen molar-refractivity contribution >= 4 is 5.78 Å². The predicted octanol–water partition coefficient (Wildman–Crippen LogP) is 2.77. The van der Waals surface area contributed by atoms with Crippen molar-refractivity contribution in [1.82, 2.24) is 0 Å². The van der Waals surface area contributed by atoms with Crippen molar-refractivity contribution in [3.05, 3.63) is 35.6 Å². The van der Waals surface area contributed by atoms with E-state index in [0.717, 1.165) is 0 Å². The lowest BCUT2D eigenvalue weighted by Crippen LogP contribution is -2.23. The second-order valence-electron chi connectivity index (χ2n) is 5.32. The zero-order valence-electron chi connectivity index (χ0n) is 11.7. The van der Waals surface area contributed by atoms with Crippen LogP contribution in [0.3, 0.4) is 0 Å². The van der Waals surface area contributed by atoms with Gasteiger partial charge >= 0.3 is 0 Å². The van der Waals surface area contributed by atoms with Crippen LogP contribution in [-0.2, 0) is 20.7 Å². The number of halogens is 1. The first-order valence-electron chi connectivity index (χ1n) is 6.35. The first-order chi connectivity index (χ1) is 8.88. The van der Waals surface area contributed by atoms with Gasteiger partial charge in [-0.25, -0.2) is 4.39 Å². The van der Waals surface area contributed by atoms with Crippen LogP contribution in [0.15, 0.2) is 24.3 Å². The molecule has 0 aliphatic rings. The van der Waals surface area contributed by atoms with E-state index in [-0.39, 0.29) is 30.2 Å². The molecule has 1 aromatic carbocycles. The number of carbonyl (C=O) groups is 1. The van der Waals surface area contributed by atoms with E-state index in [0.29, 0.717) is 18.8 Å². The molecule has 0 aliphatic carbocycles. The summed E-state index contributed by atoms with van der Waals surface area (Å²) in [6.45, 7) is 6.65. The van der Waals surface area contributed by atoms with E-state index in [1.807, 2.05) is 20.8 Å². The molecule has 0 atom stereocenters. The van der Waals surface area contributed by atoms with Gasteiger partial charge in [0.1, 0.15) is 12.4 Å². The molecule has 0 spiro atoms. The van der Waals surface area contributed by atoms with E-state index in [1.165, 1.54) is 6.07 Å². The van der Waals surface area contributed by atoms with Gasteiger partial charge in [-0.3, -0.25) is 4.79 Å². The lowest BCUT2D eigenvalue weighted by Gasteiger charge is -2.19. The van der Waals surface area contributed by atoms with E-state index in [1.54, 1.807) is 18.2 Å². The van der Waals surface area contributed by atoms with Crippen LogP contribution in [0.25, 0.3) is 0 Å². The van der Waals surface area contributed by atoms with Crippen molar-refractivity contribution in [2.45, 2.75) is 32.8 Å². The summed E-state index contributed by atoms with van der Waals surface area (Å²) in [4.78, 5) is 11.6. The monoisotopic (exact) mass is 268 g/mol. The minimum absolute atomic E-state index is 0.0121. The molecule has 1 aromatic rings. The molecule has 1 rings (SSSR count). The molecule has 0 fully saturated rings. The highest BCUT2D eigenvalue weighted by atomic mass is 19.1. The van der Waals surface area contributed by atoms with Gasteiger partial charge in [-0.05, 0) is 32.4 Å². The summed E-state index contributed by atoms with van der Waals surface area (Å²) < 4.78 is 24.0. The Morgan fingerprint density at radius 2 is 1.89 bits per heavy atom. The van der Waals surface area contributed by atoms with Crippen molar-refractivity contribution in [2.75, 3.05) is 19.8 Å². The average Bonchev–Trinajstić information content (AvgIpc) is 2.30. The van der Waals surface area contributed by atoms with Crippen molar-refractivity contribution in [3.63, 3.8) is 0 Å². The number of hydrogen-bond acceptors (Lipinski definition) is 3. The molecule has 0 N–H and O–H groups in total. The zero-order valence-corrected chi connectivity index (χ0v) is 11.7. The van der Waals surface area contributed by atoms with Crippen molar-refractivity contribution in [1.29, 1.82) is 0 Å².